The van der Waals surface area contributed by atoms with Crippen molar-refractivity contribution in [1.82, 2.24) is 0 Å². The third kappa shape index (κ3) is 10.3. The molecule has 0 spiro atoms. The quantitative estimate of drug-likeness (QED) is 0.837. The Balaban J connectivity index is 0. The Morgan fingerprint density at radius 1 is 1.11 bits per heavy atom. The Kier molecular flexibility index (Phi) is 15.8. The molecule has 0 aromatic heterocycles. The van der Waals surface area contributed by atoms with Gasteiger partial charge < -0.3 is 17.3 Å². The second kappa shape index (κ2) is 14.2. The summed E-state index contributed by atoms with van der Waals surface area (Å²) in [5.74, 6) is 1.02. The molecule has 1 aromatic carbocycles. The average molecular weight is 337 g/mol. The molecule has 1 aromatic rings. The summed E-state index contributed by atoms with van der Waals surface area (Å²) in [6.45, 7) is 0.500. The van der Waals surface area contributed by atoms with Gasteiger partial charge in [-0.25, -0.2) is 0 Å². The van der Waals surface area contributed by atoms with Crippen LogP contribution in [0.2, 0.25) is 0 Å². The first-order valence-electron chi connectivity index (χ1n) is 6.42. The molecule has 1 radical (unpaired) electrons. The van der Waals surface area contributed by atoms with Crippen LogP contribution in [0, 0.1) is 13.3 Å². The van der Waals surface area contributed by atoms with Gasteiger partial charge in [-0.2, -0.15) is 0 Å². The Bertz CT molecular complexity index is 295. The minimum absolute atomic E-state index is 0. The maximum absolute atomic E-state index is 8.24. The van der Waals surface area contributed by atoms with Crippen LogP contribution in [0.3, 0.4) is 0 Å². The zero-order valence-electron chi connectivity index (χ0n) is 11.8. The smallest absolute Gasteiger partial charge is 0 e. The largest absolute Gasteiger partial charge is 0.665 e. The van der Waals surface area contributed by atoms with Crippen LogP contribution in [-0.4, -0.2) is 11.6 Å². The predicted molar refractivity (Wildman–Crippen MR) is 76.1 cm³/mol. The van der Waals surface area contributed by atoms with E-state index < -0.39 is 0 Å². The van der Waals surface area contributed by atoms with Crippen molar-refractivity contribution in [2.75, 3.05) is 0 Å². The first-order valence-corrected chi connectivity index (χ1v) is 6.42. The zero-order chi connectivity index (χ0) is 12.3. The number of benzene rings is 1. The van der Waals surface area contributed by atoms with E-state index in [4.69, 9.17) is 9.90 Å². The van der Waals surface area contributed by atoms with Crippen molar-refractivity contribution >= 4 is 6.47 Å². The Labute approximate surface area is 142 Å². The SMILES string of the molecule is O=[C-]O.[CH3-].[Y].c1ccc(CCC2CCCCC2)cc1. The molecule has 105 valence electrons. The van der Waals surface area contributed by atoms with Crippen LogP contribution in [0.5, 0.6) is 0 Å². The second-order valence-electron chi connectivity index (χ2n) is 4.62. The average Bonchev–Trinajstić information content (AvgIpc) is 2.40. The Hall–Kier alpha value is -0.206. The molecule has 1 saturated carbocycles. The van der Waals surface area contributed by atoms with Crippen LogP contribution >= 0.6 is 0 Å². The molecular weight excluding hydrogens is 313 g/mol. The Morgan fingerprint density at radius 2 is 1.63 bits per heavy atom. The number of rotatable bonds is 3. The molecule has 2 nitrogen and oxygen atoms in total. The molecule has 0 heterocycles. The molecule has 0 bridgehead atoms. The fourth-order valence-corrected chi connectivity index (χ4v) is 2.49. The van der Waals surface area contributed by atoms with Gasteiger partial charge in [-0.05, 0) is 24.3 Å². The molecule has 1 fully saturated rings. The number of hydrogen-bond acceptors (Lipinski definition) is 1. The van der Waals surface area contributed by atoms with Gasteiger partial charge >= 0.3 is 0 Å². The topological polar surface area (TPSA) is 37.3 Å². The first-order chi connectivity index (χ1) is 8.36. The molecule has 1 N–H and O–H groups in total. The van der Waals surface area contributed by atoms with E-state index in [1.54, 1.807) is 0 Å². The molecule has 0 amide bonds. The van der Waals surface area contributed by atoms with Crippen molar-refractivity contribution in [3.63, 3.8) is 0 Å². The number of aliphatic hydroxyl groups excluding tert-OH is 1. The normalized spacial score (nSPS) is 14.1. The van der Waals surface area contributed by atoms with Gasteiger partial charge in [0.15, 0.2) is 0 Å². The molecule has 0 unspecified atom stereocenters. The van der Waals surface area contributed by atoms with Gasteiger partial charge in [0.25, 0.3) is 0 Å². The molecule has 3 heteroatoms. The summed E-state index contributed by atoms with van der Waals surface area (Å²) in [7, 11) is 0. The van der Waals surface area contributed by atoms with Gasteiger partial charge in [-0.1, -0.05) is 68.9 Å². The minimum Gasteiger partial charge on any atom is -0.665 e. The van der Waals surface area contributed by atoms with Crippen molar-refractivity contribution in [2.24, 2.45) is 5.92 Å². The van der Waals surface area contributed by atoms with E-state index >= 15 is 0 Å². The van der Waals surface area contributed by atoms with Crippen molar-refractivity contribution in [1.29, 1.82) is 0 Å². The van der Waals surface area contributed by atoms with Gasteiger partial charge in [-0.15, -0.1) is 0 Å². The molecular formula is C16H24O2Y-2. The molecule has 1 aliphatic carbocycles. The summed E-state index contributed by atoms with van der Waals surface area (Å²) in [4.78, 5) is 8.24. The number of aryl methyl sites for hydroxylation is 1. The maximum Gasteiger partial charge on any atom is 0 e. The third-order valence-corrected chi connectivity index (χ3v) is 3.41. The second-order valence-corrected chi connectivity index (χ2v) is 4.62. The van der Waals surface area contributed by atoms with Gasteiger partial charge in [0.1, 0.15) is 0 Å². The third-order valence-electron chi connectivity index (χ3n) is 3.41. The minimum atomic E-state index is 0. The van der Waals surface area contributed by atoms with Crippen molar-refractivity contribution in [2.45, 2.75) is 44.9 Å². The van der Waals surface area contributed by atoms with Crippen molar-refractivity contribution < 1.29 is 42.6 Å². The summed E-state index contributed by atoms with van der Waals surface area (Å²) < 4.78 is 0. The van der Waals surface area contributed by atoms with Crippen LogP contribution in [0.25, 0.3) is 0 Å². The Morgan fingerprint density at radius 3 is 2.16 bits per heavy atom. The summed E-state index contributed by atoms with van der Waals surface area (Å²) >= 11 is 0. The fraction of sp³-hybridized carbons (Fsp3) is 0.500. The van der Waals surface area contributed by atoms with Gasteiger partial charge in [0.2, 0.25) is 0 Å². The molecule has 0 atom stereocenters. The van der Waals surface area contributed by atoms with E-state index in [0.717, 1.165) is 5.92 Å². The zero-order valence-corrected chi connectivity index (χ0v) is 14.7. The fourth-order valence-electron chi connectivity index (χ4n) is 2.49. The summed E-state index contributed by atoms with van der Waals surface area (Å²) in [6.07, 6.45) is 10.1. The monoisotopic (exact) mass is 337 g/mol. The number of hydrogen-bond donors (Lipinski definition) is 1. The van der Waals surface area contributed by atoms with E-state index in [9.17, 15) is 0 Å². The van der Waals surface area contributed by atoms with E-state index in [2.05, 4.69) is 30.3 Å². The van der Waals surface area contributed by atoms with Crippen LogP contribution in [0.4, 0.5) is 0 Å². The molecule has 1 aliphatic rings. The van der Waals surface area contributed by atoms with Crippen molar-refractivity contribution in [3.05, 3.63) is 43.3 Å². The van der Waals surface area contributed by atoms with E-state index in [1.807, 2.05) is 0 Å². The standard InChI is InChI=1S/C14H20.CHO2.CH3.Y/c1-3-7-13(8-4-1)11-12-14-9-5-2-6-10-14;2-1-3;;/h1,3-4,7-8,14H,2,5-6,9-12H2;(H,2,3);1H3;/q;2*-1;. The van der Waals surface area contributed by atoms with Crippen LogP contribution < -0.4 is 0 Å². The van der Waals surface area contributed by atoms with Gasteiger partial charge in [0, 0.05) is 32.7 Å². The van der Waals surface area contributed by atoms with Crippen LogP contribution in [-0.2, 0) is 43.9 Å². The van der Waals surface area contributed by atoms with E-state index in [1.165, 1.54) is 50.5 Å². The van der Waals surface area contributed by atoms with E-state index in [-0.39, 0.29) is 40.1 Å². The molecule has 19 heavy (non-hydrogen) atoms. The molecule has 2 rings (SSSR count). The molecule has 0 aliphatic heterocycles. The van der Waals surface area contributed by atoms with Crippen LogP contribution in [0.1, 0.15) is 44.1 Å². The maximum atomic E-state index is 8.24. The summed E-state index contributed by atoms with van der Waals surface area (Å²) in [5, 5.41) is 6.76. The van der Waals surface area contributed by atoms with Crippen molar-refractivity contribution in [3.8, 4) is 0 Å². The van der Waals surface area contributed by atoms with Gasteiger partial charge in [-0.3, -0.25) is 0 Å². The first kappa shape index (κ1) is 21.1. The molecule has 0 saturated heterocycles. The predicted octanol–water partition coefficient (Wildman–Crippen LogP) is 4.26. The van der Waals surface area contributed by atoms with Crippen LogP contribution in [0.15, 0.2) is 30.3 Å². The summed E-state index contributed by atoms with van der Waals surface area (Å²) in [6, 6.07) is 10.9. The van der Waals surface area contributed by atoms with Gasteiger partial charge in [0.05, 0.1) is 0 Å². The van der Waals surface area contributed by atoms with E-state index in [0.29, 0.717) is 6.47 Å². The summed E-state index contributed by atoms with van der Waals surface area (Å²) in [5.41, 5.74) is 1.51.